The number of hydrogen-bond donors (Lipinski definition) is 2. The van der Waals surface area contributed by atoms with Gasteiger partial charge in [0.1, 0.15) is 0 Å². The number of urea groups is 1. The summed E-state index contributed by atoms with van der Waals surface area (Å²) in [5, 5.41) is 6.63. The average molecular weight is 401 g/mol. The lowest BCUT2D eigenvalue weighted by molar-refractivity contribution is -0.139. The number of esters is 1. The zero-order chi connectivity index (χ0) is 20.1. The van der Waals surface area contributed by atoms with Crippen LogP contribution in [0, 0.1) is 0 Å². The first-order valence-corrected chi connectivity index (χ1v) is 10.3. The van der Waals surface area contributed by atoms with E-state index in [-0.39, 0.29) is 29.3 Å². The molecule has 2 aromatic carbocycles. The highest BCUT2D eigenvalue weighted by Crippen LogP contribution is 2.42. The quantitative estimate of drug-likeness (QED) is 0.761. The summed E-state index contributed by atoms with van der Waals surface area (Å²) in [5.41, 5.74) is 0.937. The SMILES string of the molecule is CCOC(=O)C1=C(CN2c3cccc4cccc(c34)S2(=O)=O)NC(=O)N[C@H]1C. The van der Waals surface area contributed by atoms with Crippen LogP contribution in [-0.4, -0.2) is 39.6 Å². The largest absolute Gasteiger partial charge is 0.463 e. The van der Waals surface area contributed by atoms with Crippen LogP contribution in [0.25, 0.3) is 10.8 Å². The Morgan fingerprint density at radius 3 is 2.64 bits per heavy atom. The van der Waals surface area contributed by atoms with Crippen LogP contribution < -0.4 is 14.9 Å². The molecule has 2 amide bonds. The van der Waals surface area contributed by atoms with Gasteiger partial charge in [-0.2, -0.15) is 0 Å². The molecule has 0 saturated heterocycles. The van der Waals surface area contributed by atoms with Gasteiger partial charge in [-0.15, -0.1) is 0 Å². The van der Waals surface area contributed by atoms with E-state index in [0.29, 0.717) is 11.1 Å². The smallest absolute Gasteiger partial charge is 0.337 e. The van der Waals surface area contributed by atoms with E-state index in [4.69, 9.17) is 4.74 Å². The Morgan fingerprint density at radius 1 is 1.21 bits per heavy atom. The highest BCUT2D eigenvalue weighted by molar-refractivity contribution is 7.93. The fourth-order valence-electron chi connectivity index (χ4n) is 3.68. The van der Waals surface area contributed by atoms with Crippen molar-refractivity contribution in [3.8, 4) is 0 Å². The Labute approximate surface area is 162 Å². The molecule has 2 heterocycles. The summed E-state index contributed by atoms with van der Waals surface area (Å²) in [6, 6.07) is 9.34. The Morgan fingerprint density at radius 2 is 1.93 bits per heavy atom. The number of nitrogens with zero attached hydrogens (tertiary/aromatic N) is 1. The van der Waals surface area contributed by atoms with Crippen molar-refractivity contribution >= 4 is 38.5 Å². The van der Waals surface area contributed by atoms with Crippen LogP contribution in [-0.2, 0) is 19.6 Å². The number of benzene rings is 2. The number of amides is 2. The third-order valence-corrected chi connectivity index (χ3v) is 6.65. The maximum absolute atomic E-state index is 13.2. The van der Waals surface area contributed by atoms with E-state index in [1.54, 1.807) is 38.1 Å². The van der Waals surface area contributed by atoms with E-state index in [9.17, 15) is 18.0 Å². The lowest BCUT2D eigenvalue weighted by Gasteiger charge is -2.29. The maximum atomic E-state index is 13.2. The summed E-state index contributed by atoms with van der Waals surface area (Å²) in [6.07, 6.45) is 0. The predicted molar refractivity (Wildman–Crippen MR) is 103 cm³/mol. The summed E-state index contributed by atoms with van der Waals surface area (Å²) in [5.74, 6) is -0.593. The molecule has 2 aliphatic rings. The molecule has 8 nitrogen and oxygen atoms in total. The minimum atomic E-state index is -3.82. The number of anilines is 1. The second-order valence-corrected chi connectivity index (χ2v) is 8.41. The molecule has 9 heteroatoms. The maximum Gasteiger partial charge on any atom is 0.337 e. The zero-order valence-corrected chi connectivity index (χ0v) is 16.2. The van der Waals surface area contributed by atoms with E-state index < -0.39 is 28.1 Å². The van der Waals surface area contributed by atoms with Gasteiger partial charge in [-0.25, -0.2) is 18.0 Å². The molecule has 0 unspecified atom stereocenters. The van der Waals surface area contributed by atoms with Crippen molar-refractivity contribution in [3.63, 3.8) is 0 Å². The lowest BCUT2D eigenvalue weighted by atomic mass is 10.0. The zero-order valence-electron chi connectivity index (χ0n) is 15.4. The second kappa shape index (κ2) is 6.52. The molecule has 1 atom stereocenters. The van der Waals surface area contributed by atoms with Gasteiger partial charge in [0, 0.05) is 5.39 Å². The summed E-state index contributed by atoms with van der Waals surface area (Å²) in [7, 11) is -3.82. The molecule has 4 rings (SSSR count). The van der Waals surface area contributed by atoms with Crippen molar-refractivity contribution in [2.75, 3.05) is 17.5 Å². The monoisotopic (exact) mass is 401 g/mol. The van der Waals surface area contributed by atoms with Gasteiger partial charge < -0.3 is 15.4 Å². The Hall–Kier alpha value is -3.07. The van der Waals surface area contributed by atoms with Crippen LogP contribution in [0.4, 0.5) is 10.5 Å². The predicted octanol–water partition coefficient (Wildman–Crippen LogP) is 1.87. The standard InChI is InChI=1S/C19H19N3O5S/c1-3-27-18(23)16-11(2)20-19(24)21-13(16)10-22-14-8-4-6-12-7-5-9-15(17(12)14)28(22,25)26/h4-9,11H,3,10H2,1-2H3,(H2,20,21,24)/t11-/m0/s1. The number of nitrogens with one attached hydrogen (secondary N) is 2. The minimum Gasteiger partial charge on any atom is -0.463 e. The summed E-state index contributed by atoms with van der Waals surface area (Å²) in [4.78, 5) is 24.6. The van der Waals surface area contributed by atoms with Crippen LogP contribution >= 0.6 is 0 Å². The van der Waals surface area contributed by atoms with Gasteiger partial charge >= 0.3 is 12.0 Å². The van der Waals surface area contributed by atoms with Crippen molar-refractivity contribution in [3.05, 3.63) is 47.7 Å². The fraction of sp³-hybridized carbons (Fsp3) is 0.263. The first kappa shape index (κ1) is 18.3. The third kappa shape index (κ3) is 2.70. The molecule has 146 valence electrons. The summed E-state index contributed by atoms with van der Waals surface area (Å²) in [6.45, 7) is 3.32. The summed E-state index contributed by atoms with van der Waals surface area (Å²) < 4.78 is 32.6. The Kier molecular flexibility index (Phi) is 4.26. The molecule has 2 N–H and O–H groups in total. The van der Waals surface area contributed by atoms with Gasteiger partial charge in [-0.3, -0.25) is 4.31 Å². The van der Waals surface area contributed by atoms with Gasteiger partial charge in [0.15, 0.2) is 0 Å². The highest BCUT2D eigenvalue weighted by Gasteiger charge is 2.38. The summed E-state index contributed by atoms with van der Waals surface area (Å²) >= 11 is 0. The molecule has 0 aromatic heterocycles. The van der Waals surface area contributed by atoms with E-state index in [1.165, 1.54) is 4.31 Å². The molecule has 0 bridgehead atoms. The molecule has 28 heavy (non-hydrogen) atoms. The van der Waals surface area contributed by atoms with E-state index in [1.807, 2.05) is 12.1 Å². The first-order chi connectivity index (χ1) is 13.3. The lowest BCUT2D eigenvalue weighted by Crippen LogP contribution is -2.51. The second-order valence-electron chi connectivity index (χ2n) is 6.58. The molecule has 0 radical (unpaired) electrons. The van der Waals surface area contributed by atoms with Crippen molar-refractivity contribution in [2.45, 2.75) is 24.8 Å². The first-order valence-electron chi connectivity index (χ1n) is 8.86. The number of hydrogen-bond acceptors (Lipinski definition) is 5. The van der Waals surface area contributed by atoms with Gasteiger partial charge in [0.05, 0.1) is 41.0 Å². The third-order valence-electron chi connectivity index (χ3n) is 4.85. The minimum absolute atomic E-state index is 0.170. The topological polar surface area (TPSA) is 105 Å². The average Bonchev–Trinajstić information content (AvgIpc) is 2.85. The molecule has 2 aliphatic heterocycles. The normalized spacial score (nSPS) is 20.1. The van der Waals surface area contributed by atoms with Crippen LogP contribution in [0.2, 0.25) is 0 Å². The van der Waals surface area contributed by atoms with E-state index in [2.05, 4.69) is 10.6 Å². The van der Waals surface area contributed by atoms with Crippen LogP contribution in [0.5, 0.6) is 0 Å². The van der Waals surface area contributed by atoms with E-state index in [0.717, 1.165) is 5.39 Å². The number of rotatable bonds is 4. The number of carbonyl (C=O) groups is 2. The van der Waals surface area contributed by atoms with Crippen molar-refractivity contribution in [1.82, 2.24) is 10.6 Å². The van der Waals surface area contributed by atoms with Crippen molar-refractivity contribution in [2.24, 2.45) is 0 Å². The molecule has 0 aliphatic carbocycles. The number of sulfonamides is 1. The molecule has 2 aromatic rings. The highest BCUT2D eigenvalue weighted by atomic mass is 32.2. The molecule has 0 saturated carbocycles. The molecule has 0 fully saturated rings. The Bertz CT molecular complexity index is 1130. The Balaban J connectivity index is 1.84. The molecular weight excluding hydrogens is 382 g/mol. The number of carbonyl (C=O) groups excluding carboxylic acids is 2. The molecular formula is C19H19N3O5S. The van der Waals surface area contributed by atoms with Crippen LogP contribution in [0.15, 0.2) is 52.6 Å². The fourth-order valence-corrected chi connectivity index (χ4v) is 5.35. The van der Waals surface area contributed by atoms with Crippen molar-refractivity contribution in [1.29, 1.82) is 0 Å². The van der Waals surface area contributed by atoms with Crippen LogP contribution in [0.3, 0.4) is 0 Å². The molecule has 0 spiro atoms. The van der Waals surface area contributed by atoms with Crippen LogP contribution in [0.1, 0.15) is 13.8 Å². The van der Waals surface area contributed by atoms with Gasteiger partial charge in [0.2, 0.25) is 0 Å². The van der Waals surface area contributed by atoms with Crippen molar-refractivity contribution < 1.29 is 22.7 Å². The number of ether oxygens (including phenoxy) is 1. The van der Waals surface area contributed by atoms with Gasteiger partial charge in [-0.05, 0) is 31.4 Å². The van der Waals surface area contributed by atoms with Gasteiger partial charge in [0.25, 0.3) is 10.0 Å². The van der Waals surface area contributed by atoms with E-state index >= 15 is 0 Å². The van der Waals surface area contributed by atoms with Gasteiger partial charge in [-0.1, -0.05) is 24.3 Å².